The van der Waals surface area contributed by atoms with E-state index in [1.54, 1.807) is 14.2 Å². The zero-order valence-electron chi connectivity index (χ0n) is 14.8. The molecule has 24 heavy (non-hydrogen) atoms. The van der Waals surface area contributed by atoms with Gasteiger partial charge in [-0.1, -0.05) is 24.3 Å². The maximum atomic E-state index is 13.0. The molecule has 0 saturated heterocycles. The molecule has 0 spiro atoms. The molecule has 2 rings (SSSR count). The smallest absolute Gasteiger partial charge is 0.118 e. The van der Waals surface area contributed by atoms with Crippen LogP contribution in [0.15, 0.2) is 48.5 Å². The van der Waals surface area contributed by atoms with Gasteiger partial charge in [0.05, 0.1) is 25.0 Å². The summed E-state index contributed by atoms with van der Waals surface area (Å²) in [6.45, 7) is 5.94. The van der Waals surface area contributed by atoms with Crippen LogP contribution in [0.3, 0.4) is 0 Å². The molecule has 0 saturated carbocycles. The fourth-order valence-corrected chi connectivity index (χ4v) is 3.43. The summed E-state index contributed by atoms with van der Waals surface area (Å²) in [6.07, 6.45) is 1.97. The van der Waals surface area contributed by atoms with Gasteiger partial charge >= 0.3 is 0 Å². The second kappa shape index (κ2) is 7.67. The van der Waals surface area contributed by atoms with E-state index in [-0.39, 0.29) is 4.75 Å². The molecule has 0 aromatic heterocycles. The van der Waals surface area contributed by atoms with E-state index in [2.05, 4.69) is 0 Å². The third-order valence-electron chi connectivity index (χ3n) is 3.54. The van der Waals surface area contributed by atoms with Gasteiger partial charge in [-0.25, -0.2) is 0 Å². The summed E-state index contributed by atoms with van der Waals surface area (Å²) in [5.74, 6) is 1.58. The molecule has 0 aliphatic carbocycles. The molecule has 4 heteroatoms. The Bertz CT molecular complexity index is 723. The van der Waals surface area contributed by atoms with Crippen LogP contribution in [-0.2, 0) is 10.8 Å². The number of rotatable bonds is 5. The highest BCUT2D eigenvalue weighted by Crippen LogP contribution is 2.30. The molecule has 0 aliphatic rings. The molecular formula is C20H24O3S. The monoisotopic (exact) mass is 344 g/mol. The molecular weight excluding hydrogens is 320 g/mol. The van der Waals surface area contributed by atoms with Gasteiger partial charge in [0.25, 0.3) is 0 Å². The second-order valence-corrected chi connectivity index (χ2v) is 8.59. The summed E-state index contributed by atoms with van der Waals surface area (Å²) in [5, 5.41) is 0. The van der Waals surface area contributed by atoms with Crippen LogP contribution in [0.1, 0.15) is 31.9 Å². The zero-order valence-corrected chi connectivity index (χ0v) is 15.6. The lowest BCUT2D eigenvalue weighted by Crippen LogP contribution is -2.22. The Hall–Kier alpha value is -2.07. The normalized spacial score (nSPS) is 13.5. The van der Waals surface area contributed by atoms with Crippen LogP contribution >= 0.6 is 0 Å². The van der Waals surface area contributed by atoms with Gasteiger partial charge in [-0.15, -0.1) is 0 Å². The fourth-order valence-electron chi connectivity index (χ4n) is 2.18. The Morgan fingerprint density at radius 1 is 0.875 bits per heavy atom. The van der Waals surface area contributed by atoms with E-state index in [9.17, 15) is 4.21 Å². The summed E-state index contributed by atoms with van der Waals surface area (Å²) in [6, 6.07) is 15.4. The molecule has 0 radical (unpaired) electrons. The highest BCUT2D eigenvalue weighted by atomic mass is 32.2. The molecule has 0 heterocycles. The van der Waals surface area contributed by atoms with Crippen molar-refractivity contribution in [1.29, 1.82) is 0 Å². The third kappa shape index (κ3) is 4.48. The van der Waals surface area contributed by atoms with Gasteiger partial charge < -0.3 is 9.47 Å². The molecule has 2 aromatic carbocycles. The number of benzene rings is 2. The highest BCUT2D eigenvalue weighted by molar-refractivity contribution is 7.96. The van der Waals surface area contributed by atoms with E-state index < -0.39 is 10.8 Å². The molecule has 1 unspecified atom stereocenters. The van der Waals surface area contributed by atoms with Crippen molar-refractivity contribution in [1.82, 2.24) is 0 Å². The van der Waals surface area contributed by atoms with Crippen molar-refractivity contribution in [2.24, 2.45) is 0 Å². The van der Waals surface area contributed by atoms with Crippen LogP contribution in [-0.4, -0.2) is 23.2 Å². The molecule has 2 aromatic rings. The van der Waals surface area contributed by atoms with E-state index in [1.807, 2.05) is 75.4 Å². The maximum absolute atomic E-state index is 13.0. The maximum Gasteiger partial charge on any atom is 0.118 e. The van der Waals surface area contributed by atoms with E-state index in [0.29, 0.717) is 0 Å². The lowest BCUT2D eigenvalue weighted by Gasteiger charge is -2.20. The van der Waals surface area contributed by atoms with Crippen molar-refractivity contribution >= 4 is 21.8 Å². The number of hydrogen-bond acceptors (Lipinski definition) is 3. The number of ether oxygens (including phenoxy) is 2. The van der Waals surface area contributed by atoms with E-state index >= 15 is 0 Å². The fraction of sp³-hybridized carbons (Fsp3) is 0.300. The summed E-state index contributed by atoms with van der Waals surface area (Å²) in [7, 11) is 2.12. The van der Waals surface area contributed by atoms with Crippen LogP contribution in [0, 0.1) is 0 Å². The standard InChI is InChI=1S/C20H24O3S/c1-20(2,3)24(21)19(16-8-12-18(23-5)13-9-16)14-15-6-10-17(22-4)11-7-15/h6-14H,1-5H3. The van der Waals surface area contributed by atoms with E-state index in [0.717, 1.165) is 27.5 Å². The summed E-state index contributed by atoms with van der Waals surface area (Å²) in [4.78, 5) is 0.801. The first-order valence-electron chi connectivity index (χ1n) is 7.77. The largest absolute Gasteiger partial charge is 0.497 e. The van der Waals surface area contributed by atoms with Crippen LogP contribution in [0.25, 0.3) is 11.0 Å². The molecule has 3 nitrogen and oxygen atoms in total. The van der Waals surface area contributed by atoms with Crippen LogP contribution in [0.4, 0.5) is 0 Å². The summed E-state index contributed by atoms with van der Waals surface area (Å²) < 4.78 is 23.1. The van der Waals surface area contributed by atoms with Crippen LogP contribution in [0.2, 0.25) is 0 Å². The van der Waals surface area contributed by atoms with E-state index in [1.165, 1.54) is 0 Å². The van der Waals surface area contributed by atoms with Gasteiger partial charge in [-0.05, 0) is 62.2 Å². The predicted molar refractivity (Wildman–Crippen MR) is 102 cm³/mol. The first kappa shape index (κ1) is 18.3. The lowest BCUT2D eigenvalue weighted by atomic mass is 10.1. The zero-order chi connectivity index (χ0) is 17.7. The van der Waals surface area contributed by atoms with Crippen molar-refractivity contribution in [2.45, 2.75) is 25.5 Å². The van der Waals surface area contributed by atoms with Crippen LogP contribution < -0.4 is 9.47 Å². The highest BCUT2D eigenvalue weighted by Gasteiger charge is 2.24. The Morgan fingerprint density at radius 3 is 1.75 bits per heavy atom. The Kier molecular flexibility index (Phi) is 5.84. The lowest BCUT2D eigenvalue weighted by molar-refractivity contribution is 0.414. The van der Waals surface area contributed by atoms with Gasteiger partial charge in [0.1, 0.15) is 11.5 Å². The van der Waals surface area contributed by atoms with E-state index in [4.69, 9.17) is 9.47 Å². The molecule has 0 N–H and O–H groups in total. The quantitative estimate of drug-likeness (QED) is 0.734. The number of methoxy groups -OCH3 is 2. The first-order valence-corrected chi connectivity index (χ1v) is 8.92. The average molecular weight is 344 g/mol. The molecule has 0 aliphatic heterocycles. The van der Waals surface area contributed by atoms with Crippen molar-refractivity contribution < 1.29 is 13.7 Å². The van der Waals surface area contributed by atoms with Crippen molar-refractivity contribution in [3.63, 3.8) is 0 Å². The first-order chi connectivity index (χ1) is 11.3. The minimum atomic E-state index is -1.15. The Balaban J connectivity index is 2.48. The topological polar surface area (TPSA) is 35.5 Å². The Labute approximate surface area is 146 Å². The third-order valence-corrected chi connectivity index (χ3v) is 5.41. The van der Waals surface area contributed by atoms with Crippen LogP contribution in [0.5, 0.6) is 11.5 Å². The summed E-state index contributed by atoms with van der Waals surface area (Å²) in [5.41, 5.74) is 1.92. The Morgan fingerprint density at radius 2 is 1.33 bits per heavy atom. The predicted octanol–water partition coefficient (Wildman–Crippen LogP) is 4.75. The molecule has 128 valence electrons. The second-order valence-electron chi connectivity index (χ2n) is 6.39. The van der Waals surface area contributed by atoms with Gasteiger partial charge in [0, 0.05) is 9.65 Å². The summed E-state index contributed by atoms with van der Waals surface area (Å²) >= 11 is 0. The van der Waals surface area contributed by atoms with Crippen molar-refractivity contribution in [2.75, 3.05) is 14.2 Å². The van der Waals surface area contributed by atoms with Gasteiger partial charge in [0.15, 0.2) is 0 Å². The van der Waals surface area contributed by atoms with Gasteiger partial charge in [0.2, 0.25) is 0 Å². The van der Waals surface area contributed by atoms with Gasteiger partial charge in [-0.2, -0.15) is 0 Å². The molecule has 1 atom stereocenters. The molecule has 0 fully saturated rings. The minimum Gasteiger partial charge on any atom is -0.497 e. The average Bonchev–Trinajstić information content (AvgIpc) is 2.59. The van der Waals surface area contributed by atoms with Crippen molar-refractivity contribution in [3.05, 3.63) is 59.7 Å². The van der Waals surface area contributed by atoms with Gasteiger partial charge in [-0.3, -0.25) is 4.21 Å². The minimum absolute atomic E-state index is 0.349. The van der Waals surface area contributed by atoms with Crippen molar-refractivity contribution in [3.8, 4) is 11.5 Å². The molecule has 0 amide bonds. The number of hydrogen-bond donors (Lipinski definition) is 0. The SMILES string of the molecule is COc1ccc(C=C(c2ccc(OC)cc2)S(=O)C(C)(C)C)cc1. The molecule has 0 bridgehead atoms.